The minimum atomic E-state index is -4.59. The predicted octanol–water partition coefficient (Wildman–Crippen LogP) is 2.42. The molecule has 1 aliphatic heterocycles. The van der Waals surface area contributed by atoms with Gasteiger partial charge in [0.25, 0.3) is 5.91 Å². The highest BCUT2D eigenvalue weighted by Crippen LogP contribution is 2.30. The summed E-state index contributed by atoms with van der Waals surface area (Å²) in [6.07, 6.45) is 0.624. The van der Waals surface area contributed by atoms with E-state index in [4.69, 9.17) is 4.74 Å². The summed E-state index contributed by atoms with van der Waals surface area (Å²) in [6, 6.07) is 6.63. The molecule has 0 aliphatic carbocycles. The number of alkyl halides is 3. The molecule has 1 aromatic heterocycles. The van der Waals surface area contributed by atoms with Crippen molar-refractivity contribution in [3.05, 3.63) is 60.3 Å². The van der Waals surface area contributed by atoms with Crippen molar-refractivity contribution in [1.29, 1.82) is 0 Å². The van der Waals surface area contributed by atoms with Crippen LogP contribution in [0.5, 0.6) is 5.88 Å². The minimum Gasteiger partial charge on any atom is -0.468 e. The fourth-order valence-corrected chi connectivity index (χ4v) is 2.97. The Morgan fingerprint density at radius 1 is 1.24 bits per heavy atom. The lowest BCUT2D eigenvalue weighted by atomic mass is 10.0. The van der Waals surface area contributed by atoms with Crippen LogP contribution in [0.25, 0.3) is 11.1 Å². The van der Waals surface area contributed by atoms with Crippen LogP contribution < -0.4 is 20.7 Å². The zero-order valence-corrected chi connectivity index (χ0v) is 17.2. The largest absolute Gasteiger partial charge is 0.468 e. The van der Waals surface area contributed by atoms with Crippen molar-refractivity contribution in [1.82, 2.24) is 20.9 Å². The average molecular weight is 465 g/mol. The minimum absolute atomic E-state index is 0.103. The lowest BCUT2D eigenvalue weighted by Crippen LogP contribution is -2.67. The number of pyridine rings is 1. The molecule has 0 fully saturated rings. The number of rotatable bonds is 7. The molecule has 0 spiro atoms. The van der Waals surface area contributed by atoms with E-state index in [9.17, 15) is 27.2 Å². The van der Waals surface area contributed by atoms with E-state index in [-0.39, 0.29) is 23.6 Å². The van der Waals surface area contributed by atoms with Crippen LogP contribution in [-0.2, 0) is 16.1 Å². The number of carbonyl (C=O) groups excluding carboxylic acids is 2. The molecule has 8 nitrogen and oxygen atoms in total. The molecule has 174 valence electrons. The van der Waals surface area contributed by atoms with E-state index in [1.165, 1.54) is 56.0 Å². The van der Waals surface area contributed by atoms with Gasteiger partial charge in [0.1, 0.15) is 5.82 Å². The van der Waals surface area contributed by atoms with Crippen molar-refractivity contribution in [3.63, 3.8) is 0 Å². The second kappa shape index (κ2) is 9.67. The van der Waals surface area contributed by atoms with E-state index >= 15 is 0 Å². The van der Waals surface area contributed by atoms with Crippen molar-refractivity contribution in [3.8, 4) is 17.0 Å². The van der Waals surface area contributed by atoms with Gasteiger partial charge in [0, 0.05) is 37.6 Å². The van der Waals surface area contributed by atoms with Gasteiger partial charge in [-0.05, 0) is 29.3 Å². The van der Waals surface area contributed by atoms with Gasteiger partial charge in [-0.15, -0.1) is 0 Å². The first-order valence-electron chi connectivity index (χ1n) is 9.56. The van der Waals surface area contributed by atoms with Gasteiger partial charge in [-0.25, -0.2) is 9.37 Å². The zero-order chi connectivity index (χ0) is 24.1. The molecule has 2 aromatic rings. The molecule has 1 aromatic carbocycles. The lowest BCUT2D eigenvalue weighted by molar-refractivity contribution is -0.154. The molecule has 1 atom stereocenters. The van der Waals surface area contributed by atoms with E-state index in [1.807, 2.05) is 0 Å². The van der Waals surface area contributed by atoms with Gasteiger partial charge >= 0.3 is 6.18 Å². The van der Waals surface area contributed by atoms with Crippen molar-refractivity contribution >= 4 is 18.0 Å². The SMILES string of the molecule is CC(=O)NC1(C(=O)NCc2cnc(OCC(F)(F)F)c(-c3cccc(F)c3)c2)C=NC=CN1. The molecule has 1 aliphatic rings. The maximum Gasteiger partial charge on any atom is 0.422 e. The van der Waals surface area contributed by atoms with E-state index in [0.29, 0.717) is 5.56 Å². The summed E-state index contributed by atoms with van der Waals surface area (Å²) >= 11 is 0. The topological polar surface area (TPSA) is 105 Å². The first-order valence-corrected chi connectivity index (χ1v) is 9.56. The Bertz CT molecular complexity index is 1100. The van der Waals surface area contributed by atoms with E-state index in [0.717, 1.165) is 6.07 Å². The summed E-state index contributed by atoms with van der Waals surface area (Å²) in [4.78, 5) is 32.1. The van der Waals surface area contributed by atoms with Crippen LogP contribution in [-0.4, -0.2) is 41.5 Å². The molecule has 0 saturated heterocycles. The Balaban J connectivity index is 1.84. The van der Waals surface area contributed by atoms with Crippen molar-refractivity contribution < 1.29 is 31.9 Å². The molecule has 3 rings (SSSR count). The van der Waals surface area contributed by atoms with Gasteiger partial charge < -0.3 is 20.7 Å². The number of benzene rings is 1. The maximum absolute atomic E-state index is 13.7. The highest BCUT2D eigenvalue weighted by molar-refractivity contribution is 6.06. The number of carbonyl (C=O) groups is 2. The number of nitrogens with one attached hydrogen (secondary N) is 3. The summed E-state index contributed by atoms with van der Waals surface area (Å²) in [5.74, 6) is -2.06. The third kappa shape index (κ3) is 6.28. The lowest BCUT2D eigenvalue weighted by Gasteiger charge is -2.30. The Labute approximate surface area is 185 Å². The van der Waals surface area contributed by atoms with Gasteiger partial charge in [-0.3, -0.25) is 14.6 Å². The van der Waals surface area contributed by atoms with Crippen LogP contribution >= 0.6 is 0 Å². The highest BCUT2D eigenvalue weighted by Gasteiger charge is 2.37. The van der Waals surface area contributed by atoms with Crippen molar-refractivity contribution in [2.24, 2.45) is 4.99 Å². The smallest absolute Gasteiger partial charge is 0.422 e. The van der Waals surface area contributed by atoms with Crippen LogP contribution in [0.4, 0.5) is 17.6 Å². The van der Waals surface area contributed by atoms with Crippen LogP contribution in [0.3, 0.4) is 0 Å². The van der Waals surface area contributed by atoms with Gasteiger partial charge in [-0.1, -0.05) is 12.1 Å². The van der Waals surface area contributed by atoms with Crippen LogP contribution in [0.2, 0.25) is 0 Å². The predicted molar refractivity (Wildman–Crippen MR) is 110 cm³/mol. The third-order valence-corrected chi connectivity index (χ3v) is 4.34. The van der Waals surface area contributed by atoms with E-state index in [1.54, 1.807) is 0 Å². The molecule has 33 heavy (non-hydrogen) atoms. The number of amides is 2. The Morgan fingerprint density at radius 2 is 2.03 bits per heavy atom. The van der Waals surface area contributed by atoms with E-state index < -0.39 is 36.1 Å². The number of hydrogen-bond donors (Lipinski definition) is 3. The second-order valence-electron chi connectivity index (χ2n) is 7.02. The van der Waals surface area contributed by atoms with Crippen molar-refractivity contribution in [2.45, 2.75) is 25.3 Å². The summed E-state index contributed by atoms with van der Waals surface area (Å²) in [7, 11) is 0. The Kier molecular flexibility index (Phi) is 6.95. The van der Waals surface area contributed by atoms with E-state index in [2.05, 4.69) is 25.9 Å². The van der Waals surface area contributed by atoms with Gasteiger partial charge in [0.2, 0.25) is 17.5 Å². The fourth-order valence-electron chi connectivity index (χ4n) is 2.97. The molecule has 2 amide bonds. The van der Waals surface area contributed by atoms with Gasteiger partial charge in [0.15, 0.2) is 6.61 Å². The van der Waals surface area contributed by atoms with Crippen molar-refractivity contribution in [2.75, 3.05) is 6.61 Å². The standard InChI is InChI=1S/C21H19F4N5O3/c1-13(31)30-20(11-26-5-6-29-20)19(32)28-10-14-7-17(15-3-2-4-16(22)8-15)18(27-9-14)33-12-21(23,24)25/h2-9,11,29H,10,12H2,1H3,(H,28,32)(H,30,31). The first-order chi connectivity index (χ1) is 15.6. The summed E-state index contributed by atoms with van der Waals surface area (Å²) in [6.45, 7) is -0.442. The number of nitrogens with zero attached hydrogens (tertiary/aromatic N) is 2. The van der Waals surface area contributed by atoms with Crippen LogP contribution in [0.1, 0.15) is 12.5 Å². The van der Waals surface area contributed by atoms with Crippen LogP contribution in [0, 0.1) is 5.82 Å². The average Bonchev–Trinajstić information content (AvgIpc) is 2.76. The number of aromatic nitrogens is 1. The van der Waals surface area contributed by atoms with Gasteiger partial charge in [-0.2, -0.15) is 13.2 Å². The normalized spacial score (nSPS) is 17.2. The second-order valence-corrected chi connectivity index (χ2v) is 7.02. The molecule has 0 saturated carbocycles. The number of halogens is 4. The molecule has 1 unspecified atom stereocenters. The van der Waals surface area contributed by atoms with Gasteiger partial charge in [0.05, 0.1) is 6.21 Å². The summed E-state index contributed by atoms with van der Waals surface area (Å²) < 4.78 is 56.4. The number of hydrogen-bond acceptors (Lipinski definition) is 6. The number of ether oxygens (including phenoxy) is 1. The zero-order valence-electron chi connectivity index (χ0n) is 17.2. The Hall–Kier alpha value is -3.96. The Morgan fingerprint density at radius 3 is 2.67 bits per heavy atom. The quantitative estimate of drug-likeness (QED) is 0.545. The maximum atomic E-state index is 13.7. The molecule has 0 bridgehead atoms. The molecule has 12 heteroatoms. The molecule has 3 N–H and O–H groups in total. The van der Waals surface area contributed by atoms with Crippen LogP contribution in [0.15, 0.2) is 53.9 Å². The number of aliphatic imine (C=N–C) groups is 1. The molecule has 0 radical (unpaired) electrons. The summed E-state index contributed by atoms with van der Waals surface area (Å²) in [5.41, 5.74) is -0.866. The highest BCUT2D eigenvalue weighted by atomic mass is 19.4. The summed E-state index contributed by atoms with van der Waals surface area (Å²) in [5, 5.41) is 7.80. The first kappa shape index (κ1) is 23.7. The monoisotopic (exact) mass is 465 g/mol. The molecular weight excluding hydrogens is 446 g/mol. The molecular formula is C21H19F4N5O3. The third-order valence-electron chi connectivity index (χ3n) is 4.34. The molecule has 2 heterocycles. The fraction of sp³-hybridized carbons (Fsp3) is 0.238.